The smallest absolute Gasteiger partial charge is 0.260 e. The molecule has 1 heterocycles. The fourth-order valence-corrected chi connectivity index (χ4v) is 3.33. The van der Waals surface area contributed by atoms with Gasteiger partial charge in [0, 0.05) is 17.6 Å². The van der Waals surface area contributed by atoms with Crippen LogP contribution >= 0.6 is 0 Å². The molecule has 0 saturated heterocycles. The number of anilines is 1. The second-order valence-electron chi connectivity index (χ2n) is 6.04. The van der Waals surface area contributed by atoms with Crippen LogP contribution < -0.4 is 4.90 Å². The lowest BCUT2D eigenvalue weighted by atomic mass is 9.99. The highest BCUT2D eigenvalue weighted by Crippen LogP contribution is 2.56. The minimum atomic E-state index is -1.09. The van der Waals surface area contributed by atoms with Gasteiger partial charge in [0.25, 0.3) is 5.91 Å². The molecule has 1 aliphatic carbocycles. The lowest BCUT2D eigenvalue weighted by molar-refractivity contribution is -0.126. The standard InChI is InChI=1S/C18H17NO2/c20-16(13-6-2-1-3-7-13)17(21)19-12-18(10-11-18)14-8-4-5-9-15(14)19/h1-9,16,20H,10-12H2. The second kappa shape index (κ2) is 4.43. The van der Waals surface area contributed by atoms with Gasteiger partial charge in [0.15, 0.2) is 6.10 Å². The van der Waals surface area contributed by atoms with E-state index in [1.807, 2.05) is 36.4 Å². The summed E-state index contributed by atoms with van der Waals surface area (Å²) in [5.74, 6) is -0.225. The van der Waals surface area contributed by atoms with E-state index in [9.17, 15) is 9.90 Å². The maximum absolute atomic E-state index is 12.7. The number of fused-ring (bicyclic) bond motifs is 2. The monoisotopic (exact) mass is 279 g/mol. The molecule has 4 rings (SSSR count). The van der Waals surface area contributed by atoms with Crippen LogP contribution in [0.2, 0.25) is 0 Å². The van der Waals surface area contributed by atoms with Crippen molar-refractivity contribution in [3.63, 3.8) is 0 Å². The van der Waals surface area contributed by atoms with Crippen molar-refractivity contribution in [3.8, 4) is 0 Å². The minimum absolute atomic E-state index is 0.155. The fraction of sp³-hybridized carbons (Fsp3) is 0.278. The van der Waals surface area contributed by atoms with Gasteiger partial charge in [-0.3, -0.25) is 4.79 Å². The van der Waals surface area contributed by atoms with Gasteiger partial charge in [0.1, 0.15) is 0 Å². The minimum Gasteiger partial charge on any atom is -0.378 e. The SMILES string of the molecule is O=C(C(O)c1ccccc1)N1CC2(CC2)c2ccccc21. The van der Waals surface area contributed by atoms with Crippen molar-refractivity contribution in [2.75, 3.05) is 11.4 Å². The van der Waals surface area contributed by atoms with E-state index in [1.54, 1.807) is 17.0 Å². The van der Waals surface area contributed by atoms with Gasteiger partial charge in [0.2, 0.25) is 0 Å². The Morgan fingerprint density at radius 3 is 2.43 bits per heavy atom. The molecule has 2 aliphatic rings. The van der Waals surface area contributed by atoms with E-state index in [2.05, 4.69) is 6.07 Å². The highest BCUT2D eigenvalue weighted by molar-refractivity contribution is 5.99. The van der Waals surface area contributed by atoms with E-state index >= 15 is 0 Å². The number of nitrogens with zero attached hydrogens (tertiary/aromatic N) is 1. The molecular weight excluding hydrogens is 262 g/mol. The molecule has 106 valence electrons. The average molecular weight is 279 g/mol. The van der Waals surface area contributed by atoms with Crippen LogP contribution in [0.3, 0.4) is 0 Å². The summed E-state index contributed by atoms with van der Waals surface area (Å²) in [6.45, 7) is 0.703. The molecule has 1 saturated carbocycles. The Hall–Kier alpha value is -2.13. The number of para-hydroxylation sites is 1. The molecule has 1 fully saturated rings. The molecule has 3 nitrogen and oxygen atoms in total. The topological polar surface area (TPSA) is 40.5 Å². The molecular formula is C18H17NO2. The number of benzene rings is 2. The third-order valence-corrected chi connectivity index (χ3v) is 4.70. The van der Waals surface area contributed by atoms with Gasteiger partial charge in [-0.05, 0) is 30.0 Å². The maximum atomic E-state index is 12.7. The number of aliphatic hydroxyl groups excluding tert-OH is 1. The Kier molecular flexibility index (Phi) is 2.66. The molecule has 0 radical (unpaired) electrons. The molecule has 0 aromatic heterocycles. The van der Waals surface area contributed by atoms with Crippen LogP contribution in [-0.4, -0.2) is 17.6 Å². The van der Waals surface area contributed by atoms with E-state index in [0.29, 0.717) is 12.1 Å². The van der Waals surface area contributed by atoms with Crippen LogP contribution in [0.5, 0.6) is 0 Å². The summed E-state index contributed by atoms with van der Waals surface area (Å²) >= 11 is 0. The summed E-state index contributed by atoms with van der Waals surface area (Å²) in [5.41, 5.74) is 3.04. The van der Waals surface area contributed by atoms with Crippen LogP contribution in [0, 0.1) is 0 Å². The Morgan fingerprint density at radius 2 is 1.71 bits per heavy atom. The zero-order valence-corrected chi connectivity index (χ0v) is 11.7. The van der Waals surface area contributed by atoms with E-state index in [-0.39, 0.29) is 11.3 Å². The maximum Gasteiger partial charge on any atom is 0.260 e. The first-order valence-corrected chi connectivity index (χ1v) is 7.35. The van der Waals surface area contributed by atoms with Crippen molar-refractivity contribution >= 4 is 11.6 Å². The Balaban J connectivity index is 1.67. The average Bonchev–Trinajstić information content (AvgIpc) is 3.25. The fourth-order valence-electron chi connectivity index (χ4n) is 3.33. The highest BCUT2D eigenvalue weighted by atomic mass is 16.3. The molecule has 1 amide bonds. The van der Waals surface area contributed by atoms with Crippen molar-refractivity contribution < 1.29 is 9.90 Å². The summed E-state index contributed by atoms with van der Waals surface area (Å²) < 4.78 is 0. The lowest BCUT2D eigenvalue weighted by Crippen LogP contribution is -2.35. The number of hydrogen-bond donors (Lipinski definition) is 1. The van der Waals surface area contributed by atoms with Crippen molar-refractivity contribution in [1.82, 2.24) is 0 Å². The summed E-state index contributed by atoms with van der Waals surface area (Å²) in [7, 11) is 0. The largest absolute Gasteiger partial charge is 0.378 e. The first-order chi connectivity index (χ1) is 10.2. The Morgan fingerprint density at radius 1 is 1.05 bits per heavy atom. The van der Waals surface area contributed by atoms with Crippen LogP contribution in [0.15, 0.2) is 54.6 Å². The van der Waals surface area contributed by atoms with E-state index < -0.39 is 6.10 Å². The highest BCUT2D eigenvalue weighted by Gasteiger charge is 2.53. The Bertz CT molecular complexity index is 691. The summed E-state index contributed by atoms with van der Waals surface area (Å²) in [4.78, 5) is 14.5. The normalized spacial score (nSPS) is 19.4. The van der Waals surface area contributed by atoms with Gasteiger partial charge < -0.3 is 10.0 Å². The first-order valence-electron chi connectivity index (χ1n) is 7.35. The van der Waals surface area contributed by atoms with E-state index in [0.717, 1.165) is 18.5 Å². The van der Waals surface area contributed by atoms with Gasteiger partial charge in [-0.25, -0.2) is 0 Å². The van der Waals surface area contributed by atoms with Crippen molar-refractivity contribution in [2.45, 2.75) is 24.4 Å². The van der Waals surface area contributed by atoms with Crippen LogP contribution in [0.25, 0.3) is 0 Å². The predicted octanol–water partition coefficient (Wildman–Crippen LogP) is 2.80. The summed E-state index contributed by atoms with van der Waals surface area (Å²) in [6, 6.07) is 17.2. The zero-order valence-electron chi connectivity index (χ0n) is 11.7. The lowest BCUT2D eigenvalue weighted by Gasteiger charge is -2.21. The third kappa shape index (κ3) is 1.88. The molecule has 1 aliphatic heterocycles. The predicted molar refractivity (Wildman–Crippen MR) is 81.1 cm³/mol. The number of carbonyl (C=O) groups excluding carboxylic acids is 1. The van der Waals surface area contributed by atoms with Crippen LogP contribution in [-0.2, 0) is 10.2 Å². The van der Waals surface area contributed by atoms with Crippen molar-refractivity contribution in [1.29, 1.82) is 0 Å². The van der Waals surface area contributed by atoms with Crippen LogP contribution in [0.4, 0.5) is 5.69 Å². The summed E-state index contributed by atoms with van der Waals surface area (Å²) in [5, 5.41) is 10.4. The van der Waals surface area contributed by atoms with E-state index in [4.69, 9.17) is 0 Å². The van der Waals surface area contributed by atoms with E-state index in [1.165, 1.54) is 5.56 Å². The van der Waals surface area contributed by atoms with Gasteiger partial charge >= 0.3 is 0 Å². The molecule has 3 heteroatoms. The van der Waals surface area contributed by atoms with Gasteiger partial charge in [0.05, 0.1) is 0 Å². The van der Waals surface area contributed by atoms with Crippen LogP contribution in [0.1, 0.15) is 30.1 Å². The van der Waals surface area contributed by atoms with Crippen molar-refractivity contribution in [3.05, 3.63) is 65.7 Å². The molecule has 21 heavy (non-hydrogen) atoms. The number of hydrogen-bond acceptors (Lipinski definition) is 2. The molecule has 1 atom stereocenters. The molecule has 2 aromatic rings. The van der Waals surface area contributed by atoms with Gasteiger partial charge in [-0.15, -0.1) is 0 Å². The second-order valence-corrected chi connectivity index (χ2v) is 6.04. The first kappa shape index (κ1) is 12.6. The molecule has 1 N–H and O–H groups in total. The number of amides is 1. The quantitative estimate of drug-likeness (QED) is 0.918. The Labute approximate surface area is 123 Å². The van der Waals surface area contributed by atoms with Gasteiger partial charge in [-0.2, -0.15) is 0 Å². The van der Waals surface area contributed by atoms with Gasteiger partial charge in [-0.1, -0.05) is 48.5 Å². The summed E-state index contributed by atoms with van der Waals surface area (Å²) in [6.07, 6.45) is 1.18. The third-order valence-electron chi connectivity index (χ3n) is 4.70. The molecule has 1 unspecified atom stereocenters. The molecule has 1 spiro atoms. The molecule has 2 aromatic carbocycles. The number of aliphatic hydroxyl groups is 1. The number of rotatable bonds is 2. The number of carbonyl (C=O) groups is 1. The molecule has 0 bridgehead atoms. The van der Waals surface area contributed by atoms with Crippen molar-refractivity contribution in [2.24, 2.45) is 0 Å². The zero-order chi connectivity index (χ0) is 14.4.